The lowest BCUT2D eigenvalue weighted by Gasteiger charge is -2.17. The maximum absolute atomic E-state index is 12.9. The van der Waals surface area contributed by atoms with Crippen LogP contribution < -0.4 is 10.9 Å². The first-order valence-electron chi connectivity index (χ1n) is 8.45. The van der Waals surface area contributed by atoms with Crippen LogP contribution in [-0.4, -0.2) is 20.9 Å². The van der Waals surface area contributed by atoms with Gasteiger partial charge in [0.25, 0.3) is 5.56 Å². The van der Waals surface area contributed by atoms with Gasteiger partial charge in [0.2, 0.25) is 5.91 Å². The van der Waals surface area contributed by atoms with Crippen LogP contribution in [0.4, 0.5) is 5.69 Å². The predicted octanol–water partition coefficient (Wildman–Crippen LogP) is 3.27. The molecular formula is C18H17ClN4O2S. The highest BCUT2D eigenvalue weighted by Crippen LogP contribution is 2.35. The van der Waals surface area contributed by atoms with E-state index in [1.807, 2.05) is 0 Å². The van der Waals surface area contributed by atoms with E-state index in [2.05, 4.69) is 22.6 Å². The summed E-state index contributed by atoms with van der Waals surface area (Å²) < 4.78 is 1.12. The Morgan fingerprint density at radius 1 is 1.42 bits per heavy atom. The summed E-state index contributed by atoms with van der Waals surface area (Å²) in [4.78, 5) is 27.0. The van der Waals surface area contributed by atoms with Crippen LogP contribution in [0.2, 0.25) is 5.02 Å². The number of fused-ring (bicyclic) bond motifs is 3. The van der Waals surface area contributed by atoms with Gasteiger partial charge in [-0.05, 0) is 42.9 Å². The van der Waals surface area contributed by atoms with Crippen LogP contribution in [0, 0.1) is 5.92 Å². The first kappa shape index (κ1) is 17.2. The first-order valence-corrected chi connectivity index (χ1v) is 9.65. The van der Waals surface area contributed by atoms with Crippen LogP contribution in [0.5, 0.6) is 0 Å². The van der Waals surface area contributed by atoms with Crippen LogP contribution in [-0.2, 0) is 24.2 Å². The van der Waals surface area contributed by atoms with E-state index in [0.29, 0.717) is 26.8 Å². The number of anilines is 1. The number of amides is 1. The van der Waals surface area contributed by atoms with Crippen molar-refractivity contribution < 1.29 is 4.79 Å². The third-order valence-corrected chi connectivity index (χ3v) is 6.09. The number of aromatic nitrogens is 3. The van der Waals surface area contributed by atoms with E-state index >= 15 is 0 Å². The minimum atomic E-state index is -0.369. The number of hydrogen-bond donors (Lipinski definition) is 1. The molecule has 8 heteroatoms. The molecule has 0 radical (unpaired) electrons. The molecular weight excluding hydrogens is 372 g/mol. The Labute approximate surface area is 158 Å². The number of para-hydroxylation sites is 1. The Hall–Kier alpha value is -2.25. The average Bonchev–Trinajstić information content (AvgIpc) is 2.97. The number of carbonyl (C=O) groups excluding carboxylic acids is 1. The normalized spacial score (nSPS) is 16.5. The Kier molecular flexibility index (Phi) is 4.50. The molecule has 0 fully saturated rings. The number of halogens is 1. The molecule has 134 valence electrons. The van der Waals surface area contributed by atoms with Crippen LogP contribution in [0.25, 0.3) is 10.2 Å². The van der Waals surface area contributed by atoms with Crippen molar-refractivity contribution in [2.24, 2.45) is 5.92 Å². The number of aryl methyl sites for hydroxylation is 1. The van der Waals surface area contributed by atoms with E-state index in [9.17, 15) is 9.59 Å². The lowest BCUT2D eigenvalue weighted by molar-refractivity contribution is -0.117. The maximum atomic E-state index is 12.9. The second kappa shape index (κ2) is 6.81. The molecule has 0 bridgehead atoms. The zero-order valence-corrected chi connectivity index (χ0v) is 15.7. The molecule has 1 aliphatic rings. The summed E-state index contributed by atoms with van der Waals surface area (Å²) in [5.74, 6) is 0.249. The third kappa shape index (κ3) is 3.12. The average molecular weight is 389 g/mol. The molecule has 1 amide bonds. The second-order valence-corrected chi connectivity index (χ2v) is 8.10. The molecule has 4 rings (SSSR count). The monoisotopic (exact) mass is 388 g/mol. The molecule has 26 heavy (non-hydrogen) atoms. The fourth-order valence-electron chi connectivity index (χ4n) is 3.28. The van der Waals surface area contributed by atoms with Gasteiger partial charge in [0, 0.05) is 4.88 Å². The molecule has 0 spiro atoms. The molecule has 2 aromatic heterocycles. The zero-order valence-electron chi connectivity index (χ0n) is 14.2. The molecule has 1 atom stereocenters. The largest absolute Gasteiger partial charge is 0.323 e. The Morgan fingerprint density at radius 3 is 3.04 bits per heavy atom. The molecule has 0 saturated carbocycles. The highest BCUT2D eigenvalue weighted by molar-refractivity contribution is 7.18. The van der Waals surface area contributed by atoms with Crippen molar-refractivity contribution in [1.82, 2.24) is 15.0 Å². The van der Waals surface area contributed by atoms with E-state index in [4.69, 9.17) is 11.6 Å². The minimum Gasteiger partial charge on any atom is -0.323 e. The van der Waals surface area contributed by atoms with Crippen molar-refractivity contribution in [2.45, 2.75) is 32.7 Å². The standard InChI is InChI=1S/C18H17ClN4O2S/c1-10-6-7-11-14(8-10)26-17-16(11)18(25)23(22-21-17)9-15(24)20-13-5-3-2-4-12(13)19/h2-5,10H,6-9H2,1H3,(H,20,24)/t10-/m1/s1. The summed E-state index contributed by atoms with van der Waals surface area (Å²) in [6, 6.07) is 6.95. The highest BCUT2D eigenvalue weighted by atomic mass is 35.5. The summed E-state index contributed by atoms with van der Waals surface area (Å²) in [5.41, 5.74) is 1.34. The highest BCUT2D eigenvalue weighted by Gasteiger charge is 2.24. The Bertz CT molecular complexity index is 1060. The van der Waals surface area contributed by atoms with Crippen LogP contribution in [0.15, 0.2) is 29.1 Å². The zero-order chi connectivity index (χ0) is 18.3. The summed E-state index contributed by atoms with van der Waals surface area (Å²) in [6.07, 6.45) is 2.92. The second-order valence-electron chi connectivity index (χ2n) is 6.61. The van der Waals surface area contributed by atoms with Gasteiger partial charge in [-0.25, -0.2) is 4.68 Å². The molecule has 1 aliphatic carbocycles. The molecule has 3 aromatic rings. The van der Waals surface area contributed by atoms with Crippen molar-refractivity contribution in [1.29, 1.82) is 0 Å². The van der Waals surface area contributed by atoms with Gasteiger partial charge < -0.3 is 5.32 Å². The van der Waals surface area contributed by atoms with Gasteiger partial charge in [-0.3, -0.25) is 9.59 Å². The Morgan fingerprint density at radius 2 is 2.23 bits per heavy atom. The van der Waals surface area contributed by atoms with Gasteiger partial charge in [0.15, 0.2) is 4.83 Å². The summed E-state index contributed by atoms with van der Waals surface area (Å²) in [5, 5.41) is 11.9. The van der Waals surface area contributed by atoms with Crippen molar-refractivity contribution in [3.63, 3.8) is 0 Å². The van der Waals surface area contributed by atoms with Gasteiger partial charge in [-0.1, -0.05) is 35.9 Å². The quantitative estimate of drug-likeness (QED) is 0.747. The number of nitrogens with one attached hydrogen (secondary N) is 1. The number of benzene rings is 1. The summed E-state index contributed by atoms with van der Waals surface area (Å²) in [7, 11) is 0. The molecule has 1 N–H and O–H groups in total. The third-order valence-electron chi connectivity index (χ3n) is 4.63. The van der Waals surface area contributed by atoms with Crippen molar-refractivity contribution in [3.8, 4) is 0 Å². The number of carbonyl (C=O) groups is 1. The number of nitrogens with zero attached hydrogens (tertiary/aromatic N) is 3. The van der Waals surface area contributed by atoms with Crippen molar-refractivity contribution in [2.75, 3.05) is 5.32 Å². The fraction of sp³-hybridized carbons (Fsp3) is 0.333. The SMILES string of the molecule is C[C@@H]1CCc2c(sc3nnn(CC(=O)Nc4ccccc4Cl)c(=O)c23)C1. The van der Waals surface area contributed by atoms with E-state index < -0.39 is 0 Å². The van der Waals surface area contributed by atoms with Gasteiger partial charge in [0.05, 0.1) is 16.1 Å². The van der Waals surface area contributed by atoms with E-state index in [1.165, 1.54) is 4.88 Å². The number of rotatable bonds is 3. The van der Waals surface area contributed by atoms with Gasteiger partial charge >= 0.3 is 0 Å². The topological polar surface area (TPSA) is 76.9 Å². The fourth-order valence-corrected chi connectivity index (χ4v) is 4.78. The lowest BCUT2D eigenvalue weighted by atomic mass is 9.89. The molecule has 0 saturated heterocycles. The molecule has 0 unspecified atom stereocenters. The molecule has 0 aliphatic heterocycles. The summed E-state index contributed by atoms with van der Waals surface area (Å²) in [6.45, 7) is 2.02. The molecule has 6 nitrogen and oxygen atoms in total. The van der Waals surface area contributed by atoms with Crippen LogP contribution in [0.1, 0.15) is 23.8 Å². The van der Waals surface area contributed by atoms with Gasteiger partial charge in [-0.15, -0.1) is 16.4 Å². The van der Waals surface area contributed by atoms with E-state index in [0.717, 1.165) is 29.5 Å². The van der Waals surface area contributed by atoms with Crippen LogP contribution >= 0.6 is 22.9 Å². The van der Waals surface area contributed by atoms with E-state index in [-0.39, 0.29) is 18.0 Å². The lowest BCUT2D eigenvalue weighted by Crippen LogP contribution is -2.30. The Balaban J connectivity index is 1.63. The van der Waals surface area contributed by atoms with Gasteiger partial charge in [-0.2, -0.15) is 0 Å². The number of thiophene rings is 1. The van der Waals surface area contributed by atoms with Crippen molar-refractivity contribution in [3.05, 3.63) is 50.1 Å². The van der Waals surface area contributed by atoms with Gasteiger partial charge in [0.1, 0.15) is 6.54 Å². The maximum Gasteiger partial charge on any atom is 0.279 e. The van der Waals surface area contributed by atoms with Crippen LogP contribution in [0.3, 0.4) is 0 Å². The predicted molar refractivity (Wildman–Crippen MR) is 103 cm³/mol. The minimum absolute atomic E-state index is 0.200. The van der Waals surface area contributed by atoms with E-state index in [1.54, 1.807) is 35.6 Å². The number of hydrogen-bond acceptors (Lipinski definition) is 5. The molecule has 1 aromatic carbocycles. The smallest absolute Gasteiger partial charge is 0.279 e. The van der Waals surface area contributed by atoms with Crippen molar-refractivity contribution >= 4 is 44.7 Å². The molecule has 2 heterocycles. The first-order chi connectivity index (χ1) is 12.5. The summed E-state index contributed by atoms with van der Waals surface area (Å²) >= 11 is 7.59.